The number of hydrogen-bond acceptors (Lipinski definition) is 4. The number of rotatable bonds is 6. The highest BCUT2D eigenvalue weighted by Gasteiger charge is 2.19. The number of halogens is 1. The molecule has 3 rings (SSSR count). The van der Waals surface area contributed by atoms with Gasteiger partial charge >= 0.3 is 0 Å². The van der Waals surface area contributed by atoms with E-state index in [1.807, 2.05) is 41.8 Å². The lowest BCUT2D eigenvalue weighted by atomic mass is 10.1. The van der Waals surface area contributed by atoms with Crippen LogP contribution in [0.3, 0.4) is 0 Å². The number of benzene rings is 2. The molecule has 1 amide bonds. The molecule has 0 spiro atoms. The Morgan fingerprint density at radius 3 is 2.58 bits per heavy atom. The highest BCUT2D eigenvalue weighted by atomic mass is 32.2. The minimum absolute atomic E-state index is 0.0329. The Morgan fingerprint density at radius 1 is 1.19 bits per heavy atom. The van der Waals surface area contributed by atoms with Gasteiger partial charge in [-0.25, -0.2) is 4.39 Å². The molecule has 0 fully saturated rings. The molecule has 0 saturated carbocycles. The molecule has 0 aliphatic carbocycles. The highest BCUT2D eigenvalue weighted by molar-refractivity contribution is 7.99. The van der Waals surface area contributed by atoms with E-state index in [1.54, 1.807) is 30.4 Å². The van der Waals surface area contributed by atoms with Gasteiger partial charge in [-0.3, -0.25) is 9.36 Å². The van der Waals surface area contributed by atoms with Crippen molar-refractivity contribution in [2.75, 3.05) is 12.8 Å². The summed E-state index contributed by atoms with van der Waals surface area (Å²) < 4.78 is 14.9. The van der Waals surface area contributed by atoms with Gasteiger partial charge < -0.3 is 4.90 Å². The molecule has 1 heterocycles. The fourth-order valence-electron chi connectivity index (χ4n) is 2.50. The standard InChI is InChI=1S/C19H19FN4OS/c1-14(15-8-10-16(20)11-9-15)23(2)18(25)12-26-19-22-21-13-24(19)17-6-4-3-5-7-17/h3-11,13-14H,12H2,1-2H3. The van der Waals surface area contributed by atoms with Crippen molar-refractivity contribution in [2.24, 2.45) is 0 Å². The van der Waals surface area contributed by atoms with E-state index in [1.165, 1.54) is 23.9 Å². The summed E-state index contributed by atoms with van der Waals surface area (Å²) in [6.07, 6.45) is 1.63. The van der Waals surface area contributed by atoms with Gasteiger partial charge in [0.05, 0.1) is 11.8 Å². The number of carbonyl (C=O) groups excluding carboxylic acids is 1. The zero-order chi connectivity index (χ0) is 18.5. The molecule has 0 radical (unpaired) electrons. The molecule has 26 heavy (non-hydrogen) atoms. The summed E-state index contributed by atoms with van der Waals surface area (Å²) in [5.41, 5.74) is 1.83. The van der Waals surface area contributed by atoms with Gasteiger partial charge in [-0.1, -0.05) is 42.1 Å². The highest BCUT2D eigenvalue weighted by Crippen LogP contribution is 2.23. The lowest BCUT2D eigenvalue weighted by molar-refractivity contribution is -0.128. The van der Waals surface area contributed by atoms with Crippen molar-refractivity contribution >= 4 is 17.7 Å². The van der Waals surface area contributed by atoms with E-state index < -0.39 is 0 Å². The Balaban J connectivity index is 1.64. The number of carbonyl (C=O) groups is 1. The molecule has 0 N–H and O–H groups in total. The largest absolute Gasteiger partial charge is 0.338 e. The van der Waals surface area contributed by atoms with Crippen LogP contribution in [0.2, 0.25) is 0 Å². The topological polar surface area (TPSA) is 51.0 Å². The number of amides is 1. The molecule has 5 nitrogen and oxygen atoms in total. The van der Waals surface area contributed by atoms with Crippen molar-refractivity contribution in [3.05, 3.63) is 72.3 Å². The predicted molar refractivity (Wildman–Crippen MR) is 99.7 cm³/mol. The van der Waals surface area contributed by atoms with Crippen LogP contribution in [0.5, 0.6) is 0 Å². The van der Waals surface area contributed by atoms with E-state index in [2.05, 4.69) is 10.2 Å². The molecule has 2 aromatic carbocycles. The van der Waals surface area contributed by atoms with Gasteiger partial charge in [0.2, 0.25) is 5.91 Å². The summed E-state index contributed by atoms with van der Waals surface area (Å²) in [6, 6.07) is 15.8. The zero-order valence-electron chi connectivity index (χ0n) is 14.5. The second-order valence-corrected chi connectivity index (χ2v) is 6.78. The summed E-state index contributed by atoms with van der Waals surface area (Å²) >= 11 is 1.34. The quantitative estimate of drug-likeness (QED) is 0.621. The average Bonchev–Trinajstić information content (AvgIpc) is 3.15. The average molecular weight is 370 g/mol. The first-order chi connectivity index (χ1) is 12.6. The molecule has 134 valence electrons. The molecular formula is C19H19FN4OS. The molecule has 1 unspecified atom stereocenters. The van der Waals surface area contributed by atoms with E-state index in [0.29, 0.717) is 5.16 Å². The minimum atomic E-state index is -0.286. The minimum Gasteiger partial charge on any atom is -0.338 e. The first-order valence-electron chi connectivity index (χ1n) is 8.15. The van der Waals surface area contributed by atoms with Gasteiger partial charge in [0.25, 0.3) is 0 Å². The van der Waals surface area contributed by atoms with Crippen molar-refractivity contribution in [1.29, 1.82) is 0 Å². The van der Waals surface area contributed by atoms with Gasteiger partial charge in [-0.05, 0) is 36.8 Å². The van der Waals surface area contributed by atoms with Crippen LogP contribution in [0.1, 0.15) is 18.5 Å². The summed E-state index contributed by atoms with van der Waals surface area (Å²) in [5.74, 6) is -0.0757. The van der Waals surface area contributed by atoms with E-state index in [0.717, 1.165) is 11.3 Å². The van der Waals surface area contributed by atoms with Gasteiger partial charge in [-0.15, -0.1) is 10.2 Å². The van der Waals surface area contributed by atoms with E-state index in [9.17, 15) is 9.18 Å². The Morgan fingerprint density at radius 2 is 1.88 bits per heavy atom. The monoisotopic (exact) mass is 370 g/mol. The lowest BCUT2D eigenvalue weighted by Gasteiger charge is -2.25. The summed E-state index contributed by atoms with van der Waals surface area (Å²) in [4.78, 5) is 14.2. The van der Waals surface area contributed by atoms with Crippen LogP contribution in [0.25, 0.3) is 5.69 Å². The molecule has 0 aliphatic rings. The van der Waals surface area contributed by atoms with Gasteiger partial charge in [0, 0.05) is 12.7 Å². The van der Waals surface area contributed by atoms with Crippen LogP contribution in [-0.2, 0) is 4.79 Å². The Hall–Kier alpha value is -2.67. The van der Waals surface area contributed by atoms with Crippen LogP contribution >= 0.6 is 11.8 Å². The second kappa shape index (κ2) is 8.14. The summed E-state index contributed by atoms with van der Waals surface area (Å²) in [5, 5.41) is 8.70. The van der Waals surface area contributed by atoms with Crippen molar-refractivity contribution < 1.29 is 9.18 Å². The number of aromatic nitrogens is 3. The first kappa shape index (κ1) is 18.1. The van der Waals surface area contributed by atoms with Crippen LogP contribution in [0.15, 0.2) is 66.1 Å². The van der Waals surface area contributed by atoms with E-state index in [-0.39, 0.29) is 23.5 Å². The van der Waals surface area contributed by atoms with Gasteiger partial charge in [0.1, 0.15) is 12.1 Å². The van der Waals surface area contributed by atoms with Crippen molar-refractivity contribution in [2.45, 2.75) is 18.1 Å². The van der Waals surface area contributed by atoms with E-state index >= 15 is 0 Å². The maximum atomic E-state index is 13.1. The molecule has 0 saturated heterocycles. The predicted octanol–water partition coefficient (Wildman–Crippen LogP) is 3.72. The van der Waals surface area contributed by atoms with Crippen LogP contribution < -0.4 is 0 Å². The molecule has 1 atom stereocenters. The zero-order valence-corrected chi connectivity index (χ0v) is 15.4. The smallest absolute Gasteiger partial charge is 0.233 e. The Bertz CT molecular complexity index is 867. The maximum absolute atomic E-state index is 13.1. The fourth-order valence-corrected chi connectivity index (χ4v) is 3.35. The number of nitrogens with zero attached hydrogens (tertiary/aromatic N) is 4. The van der Waals surface area contributed by atoms with Crippen LogP contribution in [0, 0.1) is 5.82 Å². The summed E-state index contributed by atoms with van der Waals surface area (Å²) in [6.45, 7) is 1.92. The van der Waals surface area contributed by atoms with Crippen molar-refractivity contribution in [3.63, 3.8) is 0 Å². The normalized spacial score (nSPS) is 12.0. The second-order valence-electron chi connectivity index (χ2n) is 5.84. The van der Waals surface area contributed by atoms with Crippen LogP contribution in [-0.4, -0.2) is 38.4 Å². The van der Waals surface area contributed by atoms with Crippen molar-refractivity contribution in [3.8, 4) is 5.69 Å². The lowest BCUT2D eigenvalue weighted by Crippen LogP contribution is -2.31. The molecule has 1 aromatic heterocycles. The number of thioether (sulfide) groups is 1. The third-order valence-corrected chi connectivity index (χ3v) is 5.13. The SMILES string of the molecule is CC(c1ccc(F)cc1)N(C)C(=O)CSc1nncn1-c1ccccc1. The molecule has 3 aromatic rings. The van der Waals surface area contributed by atoms with E-state index in [4.69, 9.17) is 0 Å². The Labute approximate surface area is 155 Å². The van der Waals surface area contributed by atoms with Gasteiger partial charge in [-0.2, -0.15) is 0 Å². The first-order valence-corrected chi connectivity index (χ1v) is 9.14. The maximum Gasteiger partial charge on any atom is 0.233 e. The Kier molecular flexibility index (Phi) is 5.68. The molecule has 7 heteroatoms. The summed E-state index contributed by atoms with van der Waals surface area (Å²) in [7, 11) is 1.75. The fraction of sp³-hybridized carbons (Fsp3) is 0.211. The van der Waals surface area contributed by atoms with Crippen molar-refractivity contribution in [1.82, 2.24) is 19.7 Å². The number of para-hydroxylation sites is 1. The number of hydrogen-bond donors (Lipinski definition) is 0. The third kappa shape index (κ3) is 4.11. The van der Waals surface area contributed by atoms with Crippen LogP contribution in [0.4, 0.5) is 4.39 Å². The molecule has 0 aliphatic heterocycles. The van der Waals surface area contributed by atoms with Gasteiger partial charge in [0.15, 0.2) is 5.16 Å². The molecule has 0 bridgehead atoms. The third-order valence-electron chi connectivity index (χ3n) is 4.20. The molecular weight excluding hydrogens is 351 g/mol.